The summed E-state index contributed by atoms with van der Waals surface area (Å²) in [5.74, 6) is 0.982. The van der Waals surface area contributed by atoms with Crippen LogP contribution in [0.2, 0.25) is 0 Å². The van der Waals surface area contributed by atoms with Crippen molar-refractivity contribution in [2.24, 2.45) is 5.92 Å². The Labute approximate surface area is 123 Å². The molecule has 114 valence electrons. The van der Waals surface area contributed by atoms with Crippen LogP contribution in [0.25, 0.3) is 0 Å². The molecule has 0 radical (unpaired) electrons. The summed E-state index contributed by atoms with van der Waals surface area (Å²) in [4.78, 5) is 0. The molecule has 0 aliphatic rings. The van der Waals surface area contributed by atoms with Crippen molar-refractivity contribution in [2.75, 3.05) is 25.1 Å². The topological polar surface area (TPSA) is 46.2 Å². The van der Waals surface area contributed by atoms with Gasteiger partial charge in [-0.1, -0.05) is 31.2 Å². The van der Waals surface area contributed by atoms with Gasteiger partial charge in [0, 0.05) is 5.75 Å². The van der Waals surface area contributed by atoms with E-state index in [0.29, 0.717) is 23.8 Å². The number of benzene rings is 1. The third kappa shape index (κ3) is 6.06. The average molecular weight is 297 g/mol. The molecule has 0 saturated heterocycles. The van der Waals surface area contributed by atoms with Crippen molar-refractivity contribution in [1.82, 2.24) is 5.32 Å². The highest BCUT2D eigenvalue weighted by Gasteiger charge is 2.15. The molecular weight excluding hydrogens is 270 g/mol. The minimum atomic E-state index is -2.88. The van der Waals surface area contributed by atoms with Gasteiger partial charge in [-0.3, -0.25) is 0 Å². The van der Waals surface area contributed by atoms with Crippen LogP contribution in [0.5, 0.6) is 0 Å². The van der Waals surface area contributed by atoms with Crippen molar-refractivity contribution in [3.8, 4) is 0 Å². The fraction of sp³-hybridized carbons (Fsp3) is 0.625. The Morgan fingerprint density at radius 3 is 2.50 bits per heavy atom. The van der Waals surface area contributed by atoms with E-state index < -0.39 is 9.84 Å². The Bertz CT molecular complexity index is 497. The number of hydrogen-bond acceptors (Lipinski definition) is 3. The van der Waals surface area contributed by atoms with Gasteiger partial charge in [-0.2, -0.15) is 0 Å². The van der Waals surface area contributed by atoms with Crippen LogP contribution in [0.1, 0.15) is 30.9 Å². The average Bonchev–Trinajstić information content (AvgIpc) is 2.39. The zero-order valence-corrected chi connectivity index (χ0v) is 13.7. The summed E-state index contributed by atoms with van der Waals surface area (Å²) >= 11 is 0. The highest BCUT2D eigenvalue weighted by Crippen LogP contribution is 2.16. The molecule has 0 aromatic heterocycles. The van der Waals surface area contributed by atoms with Crippen LogP contribution in [-0.4, -0.2) is 33.5 Å². The fourth-order valence-corrected chi connectivity index (χ4v) is 3.99. The first kappa shape index (κ1) is 17.2. The minimum absolute atomic E-state index is 0.305. The molecule has 0 aliphatic carbocycles. The van der Waals surface area contributed by atoms with E-state index in [1.165, 1.54) is 11.1 Å². The third-order valence-corrected chi connectivity index (χ3v) is 5.50. The van der Waals surface area contributed by atoms with Crippen molar-refractivity contribution in [2.45, 2.75) is 33.1 Å². The first-order valence-corrected chi connectivity index (χ1v) is 9.20. The molecule has 20 heavy (non-hydrogen) atoms. The summed E-state index contributed by atoms with van der Waals surface area (Å²) < 4.78 is 23.7. The monoisotopic (exact) mass is 297 g/mol. The number of nitrogens with one attached hydrogen (secondary N) is 1. The molecular formula is C16H27NO2S. The lowest BCUT2D eigenvalue weighted by Crippen LogP contribution is -2.24. The molecule has 1 aromatic rings. The smallest absolute Gasteiger partial charge is 0.150 e. The lowest BCUT2D eigenvalue weighted by molar-refractivity contribution is 0.477. The molecule has 1 atom stereocenters. The minimum Gasteiger partial charge on any atom is -0.319 e. The van der Waals surface area contributed by atoms with Gasteiger partial charge >= 0.3 is 0 Å². The summed E-state index contributed by atoms with van der Waals surface area (Å²) in [6.45, 7) is 4.88. The van der Waals surface area contributed by atoms with Crippen LogP contribution in [0.4, 0.5) is 0 Å². The summed E-state index contributed by atoms with van der Waals surface area (Å²) in [6, 6.07) is 8.34. The van der Waals surface area contributed by atoms with E-state index in [4.69, 9.17) is 0 Å². The maximum Gasteiger partial charge on any atom is 0.150 e. The van der Waals surface area contributed by atoms with Crippen LogP contribution in [-0.2, 0) is 16.3 Å². The molecule has 0 heterocycles. The van der Waals surface area contributed by atoms with Crippen molar-refractivity contribution in [3.05, 3.63) is 35.4 Å². The second-order valence-corrected chi connectivity index (χ2v) is 7.80. The van der Waals surface area contributed by atoms with Gasteiger partial charge in [0.05, 0.1) is 5.75 Å². The lowest BCUT2D eigenvalue weighted by Gasteiger charge is -2.18. The second-order valence-electron chi connectivity index (χ2n) is 5.49. The van der Waals surface area contributed by atoms with E-state index in [9.17, 15) is 8.42 Å². The Balaban J connectivity index is 2.63. The maximum absolute atomic E-state index is 11.8. The summed E-state index contributed by atoms with van der Waals surface area (Å²) in [6.07, 6.45) is 2.38. The van der Waals surface area contributed by atoms with Crippen molar-refractivity contribution in [1.29, 1.82) is 0 Å². The standard InChI is InChI=1S/C16H27NO2S/c1-4-10-20(18,19)11-9-15(13-17-3)12-16-8-6-5-7-14(16)2/h5-8,15,17H,4,9-13H2,1-3H3. The Hall–Kier alpha value is -0.870. The van der Waals surface area contributed by atoms with E-state index in [0.717, 1.165) is 19.4 Å². The predicted molar refractivity (Wildman–Crippen MR) is 85.9 cm³/mol. The lowest BCUT2D eigenvalue weighted by atomic mass is 9.94. The van der Waals surface area contributed by atoms with Crippen LogP contribution in [0, 0.1) is 12.8 Å². The fourth-order valence-electron chi connectivity index (χ4n) is 2.47. The number of aryl methyl sites for hydroxylation is 1. The summed E-state index contributed by atoms with van der Waals surface area (Å²) in [5.41, 5.74) is 2.60. The van der Waals surface area contributed by atoms with Gasteiger partial charge in [-0.05, 0) is 56.8 Å². The van der Waals surface area contributed by atoms with Gasteiger partial charge in [0.1, 0.15) is 9.84 Å². The van der Waals surface area contributed by atoms with E-state index in [2.05, 4.69) is 24.4 Å². The number of rotatable bonds is 9. The van der Waals surface area contributed by atoms with Crippen molar-refractivity contribution < 1.29 is 8.42 Å². The molecule has 0 aliphatic heterocycles. The molecule has 1 aromatic carbocycles. The normalized spacial score (nSPS) is 13.3. The van der Waals surface area contributed by atoms with E-state index in [-0.39, 0.29) is 0 Å². The molecule has 3 nitrogen and oxygen atoms in total. The van der Waals surface area contributed by atoms with Gasteiger partial charge in [0.2, 0.25) is 0 Å². The second kappa shape index (κ2) is 8.42. The molecule has 1 unspecified atom stereocenters. The molecule has 1 N–H and O–H groups in total. The highest BCUT2D eigenvalue weighted by atomic mass is 32.2. The Morgan fingerprint density at radius 2 is 1.90 bits per heavy atom. The van der Waals surface area contributed by atoms with Crippen LogP contribution >= 0.6 is 0 Å². The van der Waals surface area contributed by atoms with E-state index in [1.54, 1.807) is 0 Å². The van der Waals surface area contributed by atoms with E-state index in [1.807, 2.05) is 26.1 Å². The Morgan fingerprint density at radius 1 is 1.20 bits per heavy atom. The maximum atomic E-state index is 11.8. The zero-order chi connectivity index (χ0) is 15.0. The quantitative estimate of drug-likeness (QED) is 0.762. The van der Waals surface area contributed by atoms with Gasteiger partial charge in [-0.25, -0.2) is 8.42 Å². The van der Waals surface area contributed by atoms with Crippen molar-refractivity contribution >= 4 is 9.84 Å². The first-order chi connectivity index (χ1) is 9.48. The number of hydrogen-bond donors (Lipinski definition) is 1. The SMILES string of the molecule is CCCS(=O)(=O)CCC(CNC)Cc1ccccc1C. The largest absolute Gasteiger partial charge is 0.319 e. The molecule has 0 fully saturated rings. The van der Waals surface area contributed by atoms with Gasteiger partial charge < -0.3 is 5.32 Å². The highest BCUT2D eigenvalue weighted by molar-refractivity contribution is 7.91. The summed E-state index contributed by atoms with van der Waals surface area (Å²) in [5, 5.41) is 3.18. The van der Waals surface area contributed by atoms with Crippen molar-refractivity contribution in [3.63, 3.8) is 0 Å². The zero-order valence-electron chi connectivity index (χ0n) is 12.9. The third-order valence-electron chi connectivity index (χ3n) is 3.61. The molecule has 0 spiro atoms. The van der Waals surface area contributed by atoms with Gasteiger partial charge in [0.25, 0.3) is 0 Å². The molecule has 0 bridgehead atoms. The molecule has 0 saturated carbocycles. The number of sulfone groups is 1. The first-order valence-electron chi connectivity index (χ1n) is 7.38. The molecule has 1 rings (SSSR count). The van der Waals surface area contributed by atoms with Gasteiger partial charge in [-0.15, -0.1) is 0 Å². The summed E-state index contributed by atoms with van der Waals surface area (Å²) in [7, 11) is -0.953. The van der Waals surface area contributed by atoms with Gasteiger partial charge in [0.15, 0.2) is 0 Å². The Kier molecular flexibility index (Phi) is 7.24. The van der Waals surface area contributed by atoms with Crippen LogP contribution in [0.3, 0.4) is 0 Å². The van der Waals surface area contributed by atoms with E-state index >= 15 is 0 Å². The van der Waals surface area contributed by atoms with Crippen LogP contribution in [0.15, 0.2) is 24.3 Å². The van der Waals surface area contributed by atoms with Crippen LogP contribution < -0.4 is 5.32 Å². The molecule has 0 amide bonds. The predicted octanol–water partition coefficient (Wildman–Crippen LogP) is 2.59. The molecule has 4 heteroatoms.